The van der Waals surface area contributed by atoms with Crippen LogP contribution in [0.15, 0.2) is 24.3 Å². The van der Waals surface area contributed by atoms with Gasteiger partial charge in [-0.25, -0.2) is 0 Å². The van der Waals surface area contributed by atoms with Crippen LogP contribution in [0.2, 0.25) is 0 Å². The van der Waals surface area contributed by atoms with Crippen molar-refractivity contribution in [1.82, 2.24) is 5.32 Å². The van der Waals surface area contributed by atoms with E-state index in [1.54, 1.807) is 0 Å². The van der Waals surface area contributed by atoms with Gasteiger partial charge in [0.15, 0.2) is 0 Å². The van der Waals surface area contributed by atoms with E-state index in [2.05, 4.69) is 11.4 Å². The van der Waals surface area contributed by atoms with Crippen molar-refractivity contribution in [1.29, 1.82) is 0 Å². The van der Waals surface area contributed by atoms with Gasteiger partial charge in [-0.3, -0.25) is 4.79 Å². The fourth-order valence-corrected chi connectivity index (χ4v) is 3.70. The van der Waals surface area contributed by atoms with Gasteiger partial charge in [0.25, 0.3) is 0 Å². The smallest absolute Gasteiger partial charge is 0.220 e. The van der Waals surface area contributed by atoms with Gasteiger partial charge in [-0.1, -0.05) is 18.2 Å². The summed E-state index contributed by atoms with van der Waals surface area (Å²) >= 11 is 0. The molecule has 2 atom stereocenters. The average molecular weight is 339 g/mol. The third-order valence-electron chi connectivity index (χ3n) is 4.87. The van der Waals surface area contributed by atoms with E-state index in [4.69, 9.17) is 10.5 Å². The molecule has 23 heavy (non-hydrogen) atoms. The van der Waals surface area contributed by atoms with Crippen molar-refractivity contribution in [2.45, 2.75) is 69.6 Å². The Bertz CT molecular complexity index is 542. The molecule has 2 unspecified atom stereocenters. The molecule has 0 radical (unpaired) electrons. The van der Waals surface area contributed by atoms with E-state index >= 15 is 0 Å². The summed E-state index contributed by atoms with van der Waals surface area (Å²) in [7, 11) is 0. The number of nitrogens with two attached hydrogens (primary N) is 1. The van der Waals surface area contributed by atoms with Crippen LogP contribution in [0.25, 0.3) is 0 Å². The molecule has 2 aliphatic rings. The molecule has 1 heterocycles. The average Bonchev–Trinajstić information content (AvgIpc) is 2.93. The number of para-hydroxylation sites is 1. The highest BCUT2D eigenvalue weighted by molar-refractivity contribution is 5.85. The summed E-state index contributed by atoms with van der Waals surface area (Å²) in [6.45, 7) is 1.94. The summed E-state index contributed by atoms with van der Waals surface area (Å²) in [4.78, 5) is 12.2. The zero-order chi connectivity index (χ0) is 15.6. The van der Waals surface area contributed by atoms with Crippen molar-refractivity contribution in [2.24, 2.45) is 5.73 Å². The zero-order valence-electron chi connectivity index (χ0n) is 13.7. The Labute approximate surface area is 144 Å². The number of fused-ring (bicyclic) bond motifs is 1. The van der Waals surface area contributed by atoms with E-state index < -0.39 is 0 Å². The molecule has 1 aliphatic carbocycles. The molecule has 1 aliphatic heterocycles. The SMILES string of the molecule is CC(N)CCC(=O)NC1CC2(CCCC2)Oc2ccccc21.Cl. The van der Waals surface area contributed by atoms with Crippen LogP contribution in [0, 0.1) is 0 Å². The van der Waals surface area contributed by atoms with Gasteiger partial charge in [0.05, 0.1) is 6.04 Å². The third kappa shape index (κ3) is 4.18. The number of carbonyl (C=O) groups excluding carboxylic acids is 1. The Hall–Kier alpha value is -1.26. The molecule has 1 amide bonds. The quantitative estimate of drug-likeness (QED) is 0.883. The second-order valence-corrected chi connectivity index (χ2v) is 6.87. The van der Waals surface area contributed by atoms with E-state index in [0.29, 0.717) is 6.42 Å². The highest BCUT2D eigenvalue weighted by Crippen LogP contribution is 2.46. The Morgan fingerprint density at radius 2 is 2.09 bits per heavy atom. The molecule has 3 rings (SSSR count). The second kappa shape index (κ2) is 7.54. The molecular weight excluding hydrogens is 312 g/mol. The minimum absolute atomic E-state index is 0. The van der Waals surface area contributed by atoms with Crippen molar-refractivity contribution >= 4 is 18.3 Å². The van der Waals surface area contributed by atoms with Crippen LogP contribution in [0.3, 0.4) is 0 Å². The molecule has 1 saturated carbocycles. The van der Waals surface area contributed by atoms with Crippen LogP contribution >= 0.6 is 12.4 Å². The lowest BCUT2D eigenvalue weighted by atomic mass is 9.86. The lowest BCUT2D eigenvalue weighted by Gasteiger charge is -2.40. The summed E-state index contributed by atoms with van der Waals surface area (Å²) in [5, 5.41) is 3.21. The van der Waals surface area contributed by atoms with Crippen LogP contribution in [-0.2, 0) is 4.79 Å². The van der Waals surface area contributed by atoms with E-state index in [1.165, 1.54) is 12.8 Å². The van der Waals surface area contributed by atoms with E-state index in [-0.39, 0.29) is 36.0 Å². The Balaban J connectivity index is 0.00000192. The van der Waals surface area contributed by atoms with E-state index in [0.717, 1.165) is 37.0 Å². The van der Waals surface area contributed by atoms with E-state index in [1.807, 2.05) is 25.1 Å². The molecule has 1 aromatic carbocycles. The first-order valence-electron chi connectivity index (χ1n) is 8.41. The van der Waals surface area contributed by atoms with E-state index in [9.17, 15) is 4.79 Å². The molecule has 0 saturated heterocycles. The number of benzene rings is 1. The molecule has 1 aromatic rings. The molecule has 1 spiro atoms. The second-order valence-electron chi connectivity index (χ2n) is 6.87. The first kappa shape index (κ1) is 18.1. The van der Waals surface area contributed by atoms with Crippen molar-refractivity contribution in [2.75, 3.05) is 0 Å². The van der Waals surface area contributed by atoms with Crippen LogP contribution < -0.4 is 15.8 Å². The van der Waals surface area contributed by atoms with Gasteiger partial charge < -0.3 is 15.8 Å². The van der Waals surface area contributed by atoms with Crippen molar-refractivity contribution < 1.29 is 9.53 Å². The Morgan fingerprint density at radius 3 is 2.78 bits per heavy atom. The number of nitrogens with one attached hydrogen (secondary N) is 1. The predicted octanol–water partition coefficient (Wildman–Crippen LogP) is 3.49. The van der Waals surface area contributed by atoms with Crippen LogP contribution in [-0.4, -0.2) is 17.6 Å². The third-order valence-corrected chi connectivity index (χ3v) is 4.87. The Morgan fingerprint density at radius 1 is 1.39 bits per heavy atom. The summed E-state index contributed by atoms with van der Waals surface area (Å²) in [6.07, 6.45) is 6.71. The van der Waals surface area contributed by atoms with Gasteiger partial charge in [-0.15, -0.1) is 12.4 Å². The van der Waals surface area contributed by atoms with Crippen molar-refractivity contribution in [3.05, 3.63) is 29.8 Å². The van der Waals surface area contributed by atoms with Gasteiger partial charge in [0.2, 0.25) is 5.91 Å². The van der Waals surface area contributed by atoms with Gasteiger partial charge in [-0.2, -0.15) is 0 Å². The summed E-state index contributed by atoms with van der Waals surface area (Å²) in [5.41, 5.74) is 6.77. The summed E-state index contributed by atoms with van der Waals surface area (Å²) in [5.74, 6) is 1.03. The molecule has 128 valence electrons. The number of amides is 1. The number of hydrogen-bond donors (Lipinski definition) is 2. The number of ether oxygens (including phenoxy) is 1. The maximum absolute atomic E-state index is 12.2. The standard InChI is InChI=1S/C18H26N2O2.ClH/c1-13(19)8-9-17(21)20-15-12-18(10-4-5-11-18)22-16-7-3-2-6-14(15)16;/h2-3,6-7,13,15H,4-5,8-12,19H2,1H3,(H,20,21);1H. The Kier molecular flexibility index (Phi) is 5.93. The number of hydrogen-bond acceptors (Lipinski definition) is 3. The maximum Gasteiger partial charge on any atom is 0.220 e. The summed E-state index contributed by atoms with van der Waals surface area (Å²) < 4.78 is 6.32. The highest BCUT2D eigenvalue weighted by atomic mass is 35.5. The topological polar surface area (TPSA) is 64.4 Å². The fourth-order valence-electron chi connectivity index (χ4n) is 3.70. The lowest BCUT2D eigenvalue weighted by molar-refractivity contribution is -0.122. The van der Waals surface area contributed by atoms with Crippen LogP contribution in [0.4, 0.5) is 0 Å². The zero-order valence-corrected chi connectivity index (χ0v) is 14.5. The molecule has 3 N–H and O–H groups in total. The lowest BCUT2D eigenvalue weighted by Crippen LogP contribution is -2.43. The van der Waals surface area contributed by atoms with Gasteiger partial charge in [0, 0.05) is 24.4 Å². The number of halogens is 1. The summed E-state index contributed by atoms with van der Waals surface area (Å²) in [6, 6.07) is 8.22. The molecule has 0 bridgehead atoms. The molecule has 1 fully saturated rings. The van der Waals surface area contributed by atoms with Gasteiger partial charge in [-0.05, 0) is 45.1 Å². The van der Waals surface area contributed by atoms with Crippen molar-refractivity contribution in [3.8, 4) is 5.75 Å². The monoisotopic (exact) mass is 338 g/mol. The van der Waals surface area contributed by atoms with Crippen LogP contribution in [0.5, 0.6) is 5.75 Å². The van der Waals surface area contributed by atoms with Gasteiger partial charge >= 0.3 is 0 Å². The highest BCUT2D eigenvalue weighted by Gasteiger charge is 2.43. The maximum atomic E-state index is 12.2. The first-order chi connectivity index (χ1) is 10.6. The normalized spacial score (nSPS) is 22.6. The number of rotatable bonds is 4. The fraction of sp³-hybridized carbons (Fsp3) is 0.611. The molecule has 4 nitrogen and oxygen atoms in total. The molecule has 0 aromatic heterocycles. The minimum Gasteiger partial charge on any atom is -0.487 e. The molecular formula is C18H27ClN2O2. The van der Waals surface area contributed by atoms with Gasteiger partial charge in [0.1, 0.15) is 11.4 Å². The first-order valence-corrected chi connectivity index (χ1v) is 8.41. The van der Waals surface area contributed by atoms with Crippen LogP contribution in [0.1, 0.15) is 63.5 Å². The largest absolute Gasteiger partial charge is 0.487 e. The molecule has 5 heteroatoms. The minimum atomic E-state index is -0.0759. The number of carbonyl (C=O) groups is 1. The van der Waals surface area contributed by atoms with Crippen molar-refractivity contribution in [3.63, 3.8) is 0 Å². The predicted molar refractivity (Wildman–Crippen MR) is 93.9 cm³/mol.